The van der Waals surface area contributed by atoms with E-state index >= 15 is 0 Å². The Hall–Kier alpha value is -3.26. The largest absolute Gasteiger partial charge is 0.497 e. The van der Waals surface area contributed by atoms with Gasteiger partial charge in [-0.25, -0.2) is 8.42 Å². The van der Waals surface area contributed by atoms with Crippen molar-refractivity contribution in [3.05, 3.63) is 77.7 Å². The normalized spacial score (nSPS) is 11.1. The summed E-state index contributed by atoms with van der Waals surface area (Å²) >= 11 is 0. The maximum Gasteiger partial charge on any atom is 0.287 e. The monoisotopic (exact) mass is 415 g/mol. The first-order chi connectivity index (χ1) is 13.9. The van der Waals surface area contributed by atoms with Crippen LogP contribution in [0.25, 0.3) is 0 Å². The number of furan rings is 1. The van der Waals surface area contributed by atoms with Crippen LogP contribution in [0.15, 0.2) is 70.2 Å². The van der Waals surface area contributed by atoms with Gasteiger partial charge in [0.15, 0.2) is 15.6 Å². The Kier molecular flexibility index (Phi) is 6.23. The second kappa shape index (κ2) is 8.83. The van der Waals surface area contributed by atoms with Crippen molar-refractivity contribution in [2.24, 2.45) is 0 Å². The van der Waals surface area contributed by atoms with Crippen LogP contribution in [0.2, 0.25) is 0 Å². The number of benzene rings is 2. The quantitative estimate of drug-likeness (QED) is 0.607. The maximum atomic E-state index is 12.6. The number of carbonyl (C=O) groups is 1. The van der Waals surface area contributed by atoms with E-state index < -0.39 is 15.7 Å². The van der Waals surface area contributed by atoms with Gasteiger partial charge in [-0.15, -0.1) is 0 Å². The zero-order valence-corrected chi connectivity index (χ0v) is 16.9. The van der Waals surface area contributed by atoms with Crippen LogP contribution in [0, 0.1) is 0 Å². The number of methoxy groups -OCH3 is 2. The van der Waals surface area contributed by atoms with Crippen LogP contribution in [0.3, 0.4) is 0 Å². The molecular weight excluding hydrogens is 394 g/mol. The molecular formula is C21H21NO6S. The molecule has 0 aliphatic carbocycles. The van der Waals surface area contributed by atoms with Crippen molar-refractivity contribution in [2.75, 3.05) is 14.2 Å². The minimum absolute atomic E-state index is 0.0358. The molecule has 1 aromatic heterocycles. The Morgan fingerprint density at radius 3 is 2.45 bits per heavy atom. The van der Waals surface area contributed by atoms with Gasteiger partial charge in [0.05, 0.1) is 31.1 Å². The fourth-order valence-electron chi connectivity index (χ4n) is 2.84. The molecule has 0 unspecified atom stereocenters. The zero-order valence-electron chi connectivity index (χ0n) is 16.0. The van der Waals surface area contributed by atoms with E-state index in [1.165, 1.54) is 31.6 Å². The molecule has 0 bridgehead atoms. The molecule has 1 amide bonds. The van der Waals surface area contributed by atoms with Crippen molar-refractivity contribution in [2.45, 2.75) is 17.2 Å². The van der Waals surface area contributed by atoms with Crippen LogP contribution >= 0.6 is 0 Å². The van der Waals surface area contributed by atoms with E-state index in [1.807, 2.05) is 0 Å². The standard InChI is InChI=1S/C21H21NO6S/c1-26-17-8-9-19(27-2)16(12-17)13-22-21(23)20-15(10-11-28-20)14-29(24,25)18-6-4-3-5-7-18/h3-12H,13-14H2,1-2H3,(H,22,23). The average molecular weight is 415 g/mol. The highest BCUT2D eigenvalue weighted by atomic mass is 32.2. The Morgan fingerprint density at radius 2 is 1.76 bits per heavy atom. The van der Waals surface area contributed by atoms with Crippen molar-refractivity contribution in [1.82, 2.24) is 5.32 Å². The highest BCUT2D eigenvalue weighted by Crippen LogP contribution is 2.24. The molecule has 0 aliphatic heterocycles. The number of ether oxygens (including phenoxy) is 2. The summed E-state index contributed by atoms with van der Waals surface area (Å²) < 4.78 is 41.0. The molecule has 7 nitrogen and oxygen atoms in total. The number of carbonyl (C=O) groups excluding carboxylic acids is 1. The third kappa shape index (κ3) is 4.78. The Labute approximate surface area is 169 Å². The van der Waals surface area contributed by atoms with Gasteiger partial charge >= 0.3 is 0 Å². The molecule has 29 heavy (non-hydrogen) atoms. The van der Waals surface area contributed by atoms with Crippen LogP contribution in [0.1, 0.15) is 21.7 Å². The molecule has 0 saturated heterocycles. The smallest absolute Gasteiger partial charge is 0.287 e. The molecule has 0 saturated carbocycles. The summed E-state index contributed by atoms with van der Waals surface area (Å²) in [7, 11) is -0.521. The number of hydrogen-bond donors (Lipinski definition) is 1. The summed E-state index contributed by atoms with van der Waals surface area (Å²) in [6.07, 6.45) is 1.30. The van der Waals surface area contributed by atoms with Crippen LogP contribution in [0.5, 0.6) is 11.5 Å². The second-order valence-corrected chi connectivity index (χ2v) is 8.20. The summed E-state index contributed by atoms with van der Waals surface area (Å²) in [5.74, 6) is 0.336. The first kappa shape index (κ1) is 20.5. The molecule has 0 aliphatic rings. The Morgan fingerprint density at radius 1 is 1.00 bits per heavy atom. The fourth-order valence-corrected chi connectivity index (χ4v) is 4.22. The van der Waals surface area contributed by atoms with E-state index in [4.69, 9.17) is 13.9 Å². The van der Waals surface area contributed by atoms with Crippen LogP contribution < -0.4 is 14.8 Å². The van der Waals surface area contributed by atoms with Gasteiger partial charge in [-0.05, 0) is 36.4 Å². The van der Waals surface area contributed by atoms with E-state index in [0.717, 1.165) is 0 Å². The third-order valence-electron chi connectivity index (χ3n) is 4.33. The lowest BCUT2D eigenvalue weighted by Gasteiger charge is -2.11. The van der Waals surface area contributed by atoms with E-state index in [2.05, 4.69) is 5.32 Å². The molecule has 2 aromatic carbocycles. The van der Waals surface area contributed by atoms with Gasteiger partial charge in [0.1, 0.15) is 11.5 Å². The SMILES string of the molecule is COc1ccc(OC)c(CNC(=O)c2occc2CS(=O)(=O)c2ccccc2)c1. The van der Waals surface area contributed by atoms with Crippen LogP contribution in [0.4, 0.5) is 0 Å². The van der Waals surface area contributed by atoms with Crippen LogP contribution in [-0.4, -0.2) is 28.5 Å². The third-order valence-corrected chi connectivity index (χ3v) is 6.01. The van der Waals surface area contributed by atoms with Gasteiger partial charge in [-0.3, -0.25) is 4.79 Å². The maximum absolute atomic E-state index is 12.6. The number of sulfone groups is 1. The lowest BCUT2D eigenvalue weighted by molar-refractivity contribution is 0.0922. The summed E-state index contributed by atoms with van der Waals surface area (Å²) in [5, 5.41) is 2.73. The molecule has 152 valence electrons. The van der Waals surface area contributed by atoms with E-state index in [1.54, 1.807) is 43.5 Å². The molecule has 0 fully saturated rings. The zero-order chi connectivity index (χ0) is 20.9. The summed E-state index contributed by atoms with van der Waals surface area (Å²) in [4.78, 5) is 12.8. The lowest BCUT2D eigenvalue weighted by atomic mass is 10.2. The molecule has 3 rings (SSSR count). The fraction of sp³-hybridized carbons (Fsp3) is 0.190. The van der Waals surface area contributed by atoms with E-state index in [9.17, 15) is 13.2 Å². The van der Waals surface area contributed by atoms with Gasteiger partial charge in [0.25, 0.3) is 5.91 Å². The highest BCUT2D eigenvalue weighted by molar-refractivity contribution is 7.90. The summed E-state index contributed by atoms with van der Waals surface area (Å²) in [5.41, 5.74) is 1.01. The van der Waals surface area contributed by atoms with Crippen molar-refractivity contribution >= 4 is 15.7 Å². The van der Waals surface area contributed by atoms with E-state index in [-0.39, 0.29) is 23.0 Å². The van der Waals surface area contributed by atoms with Gasteiger partial charge in [-0.1, -0.05) is 18.2 Å². The minimum Gasteiger partial charge on any atom is -0.497 e. The number of rotatable bonds is 8. The van der Waals surface area contributed by atoms with Gasteiger partial charge in [0, 0.05) is 17.7 Å². The lowest BCUT2D eigenvalue weighted by Crippen LogP contribution is -2.24. The van der Waals surface area contributed by atoms with Crippen molar-refractivity contribution in [3.63, 3.8) is 0 Å². The van der Waals surface area contributed by atoms with Gasteiger partial charge in [0.2, 0.25) is 0 Å². The molecule has 1 N–H and O–H groups in total. The molecule has 1 heterocycles. The Balaban J connectivity index is 1.75. The predicted molar refractivity (Wildman–Crippen MR) is 107 cm³/mol. The Bertz CT molecular complexity index is 1090. The second-order valence-electron chi connectivity index (χ2n) is 6.21. The summed E-state index contributed by atoms with van der Waals surface area (Å²) in [6.45, 7) is 0.158. The van der Waals surface area contributed by atoms with Crippen LogP contribution in [-0.2, 0) is 22.1 Å². The predicted octanol–water partition coefficient (Wildman–Crippen LogP) is 3.20. The van der Waals surface area contributed by atoms with Crippen molar-refractivity contribution in [3.8, 4) is 11.5 Å². The number of amides is 1. The molecule has 3 aromatic rings. The summed E-state index contributed by atoms with van der Waals surface area (Å²) in [6, 6.07) is 14.8. The van der Waals surface area contributed by atoms with Crippen molar-refractivity contribution in [1.29, 1.82) is 0 Å². The van der Waals surface area contributed by atoms with Crippen molar-refractivity contribution < 1.29 is 27.1 Å². The van der Waals surface area contributed by atoms with Gasteiger partial charge < -0.3 is 19.2 Å². The number of hydrogen-bond acceptors (Lipinski definition) is 6. The average Bonchev–Trinajstić information content (AvgIpc) is 3.19. The molecule has 0 spiro atoms. The topological polar surface area (TPSA) is 94.8 Å². The molecule has 8 heteroatoms. The minimum atomic E-state index is -3.60. The molecule has 0 radical (unpaired) electrons. The first-order valence-electron chi connectivity index (χ1n) is 8.78. The van der Waals surface area contributed by atoms with E-state index in [0.29, 0.717) is 22.6 Å². The number of nitrogens with one attached hydrogen (secondary N) is 1. The first-order valence-corrected chi connectivity index (χ1v) is 10.4. The highest BCUT2D eigenvalue weighted by Gasteiger charge is 2.22. The molecule has 0 atom stereocenters. The van der Waals surface area contributed by atoms with Gasteiger partial charge in [-0.2, -0.15) is 0 Å².